The number of likely N-dealkylation sites (tertiary alicyclic amines) is 1. The smallest absolute Gasteiger partial charge is 0.254 e. The maximum atomic E-state index is 14.3. The number of rotatable bonds is 8. The molecule has 162 valence electrons. The van der Waals surface area contributed by atoms with Crippen molar-refractivity contribution in [3.63, 3.8) is 0 Å². The van der Waals surface area contributed by atoms with Crippen molar-refractivity contribution in [1.82, 2.24) is 14.5 Å². The summed E-state index contributed by atoms with van der Waals surface area (Å²) in [7, 11) is -3.77. The monoisotopic (exact) mass is 433 g/mol. The Kier molecular flexibility index (Phi) is 7.23. The van der Waals surface area contributed by atoms with Crippen molar-refractivity contribution in [2.75, 3.05) is 26.2 Å². The highest BCUT2D eigenvalue weighted by molar-refractivity contribution is 7.89. The first kappa shape index (κ1) is 22.4. The Morgan fingerprint density at radius 3 is 2.53 bits per heavy atom. The first-order valence-electron chi connectivity index (χ1n) is 10.2. The SMILES string of the molecule is CCN(CC)S(=O)(=O)c1ccc(F)c(C(=O)NC2CCN(Cc3ccccc3)C2)c1. The topological polar surface area (TPSA) is 69.7 Å². The molecule has 1 aliphatic rings. The predicted molar refractivity (Wildman–Crippen MR) is 114 cm³/mol. The minimum absolute atomic E-state index is 0.0742. The summed E-state index contributed by atoms with van der Waals surface area (Å²) >= 11 is 0. The van der Waals surface area contributed by atoms with Gasteiger partial charge in [-0.2, -0.15) is 4.31 Å². The molecule has 1 heterocycles. The molecule has 8 heteroatoms. The van der Waals surface area contributed by atoms with Crippen molar-refractivity contribution < 1.29 is 17.6 Å². The molecular formula is C22H28FN3O3S. The highest BCUT2D eigenvalue weighted by Crippen LogP contribution is 2.20. The standard InChI is InChI=1S/C22H28FN3O3S/c1-3-26(4-2)30(28,29)19-10-11-21(23)20(14-19)22(27)24-18-12-13-25(16-18)15-17-8-6-5-7-9-17/h5-11,14,18H,3-4,12-13,15-16H2,1-2H3,(H,24,27). The van der Waals surface area contributed by atoms with E-state index in [0.717, 1.165) is 31.6 Å². The van der Waals surface area contributed by atoms with Gasteiger partial charge in [0.15, 0.2) is 0 Å². The maximum absolute atomic E-state index is 14.3. The van der Waals surface area contributed by atoms with Gasteiger partial charge in [0.05, 0.1) is 10.5 Å². The molecule has 0 bridgehead atoms. The molecular weight excluding hydrogens is 405 g/mol. The van der Waals surface area contributed by atoms with Crippen LogP contribution in [0.1, 0.15) is 36.2 Å². The fourth-order valence-corrected chi connectivity index (χ4v) is 5.24. The van der Waals surface area contributed by atoms with Gasteiger partial charge in [-0.15, -0.1) is 0 Å². The quantitative estimate of drug-likeness (QED) is 0.695. The average Bonchev–Trinajstić information content (AvgIpc) is 3.16. The summed E-state index contributed by atoms with van der Waals surface area (Å²) in [4.78, 5) is 14.9. The number of nitrogens with one attached hydrogen (secondary N) is 1. The number of hydrogen-bond donors (Lipinski definition) is 1. The zero-order chi connectivity index (χ0) is 21.7. The van der Waals surface area contributed by atoms with Gasteiger partial charge in [-0.1, -0.05) is 44.2 Å². The molecule has 1 saturated heterocycles. The number of amides is 1. The van der Waals surface area contributed by atoms with Crippen LogP contribution in [0.2, 0.25) is 0 Å². The molecule has 0 aliphatic carbocycles. The lowest BCUT2D eigenvalue weighted by atomic mass is 10.1. The van der Waals surface area contributed by atoms with Gasteiger partial charge in [0, 0.05) is 38.8 Å². The summed E-state index contributed by atoms with van der Waals surface area (Å²) < 4.78 is 41.0. The van der Waals surface area contributed by atoms with Gasteiger partial charge in [0.25, 0.3) is 5.91 Å². The lowest BCUT2D eigenvalue weighted by Crippen LogP contribution is -2.37. The van der Waals surface area contributed by atoms with E-state index in [9.17, 15) is 17.6 Å². The summed E-state index contributed by atoms with van der Waals surface area (Å²) in [5.74, 6) is -1.32. The van der Waals surface area contributed by atoms with E-state index in [1.807, 2.05) is 18.2 Å². The predicted octanol–water partition coefficient (Wildman–Crippen LogP) is 2.86. The van der Waals surface area contributed by atoms with E-state index in [1.54, 1.807) is 13.8 Å². The Balaban J connectivity index is 1.68. The Hall–Kier alpha value is -2.29. The molecule has 0 aromatic heterocycles. The summed E-state index contributed by atoms with van der Waals surface area (Å²) in [6.07, 6.45) is 0.762. The number of hydrogen-bond acceptors (Lipinski definition) is 4. The maximum Gasteiger partial charge on any atom is 0.254 e. The van der Waals surface area contributed by atoms with Crippen molar-refractivity contribution in [3.05, 3.63) is 65.5 Å². The molecule has 6 nitrogen and oxygen atoms in total. The third-order valence-corrected chi connectivity index (χ3v) is 7.43. The van der Waals surface area contributed by atoms with Crippen molar-refractivity contribution >= 4 is 15.9 Å². The van der Waals surface area contributed by atoms with Crippen molar-refractivity contribution in [2.45, 2.75) is 37.8 Å². The number of nitrogens with zero attached hydrogens (tertiary/aromatic N) is 2. The normalized spacial score (nSPS) is 17.4. The fourth-order valence-electron chi connectivity index (χ4n) is 3.75. The minimum atomic E-state index is -3.77. The Morgan fingerprint density at radius 1 is 1.17 bits per heavy atom. The third-order valence-electron chi connectivity index (χ3n) is 5.38. The van der Waals surface area contributed by atoms with Gasteiger partial charge in [-0.25, -0.2) is 12.8 Å². The van der Waals surface area contributed by atoms with Gasteiger partial charge in [0.1, 0.15) is 5.82 Å². The largest absolute Gasteiger partial charge is 0.348 e. The molecule has 1 amide bonds. The Bertz CT molecular complexity index is 978. The van der Waals surface area contributed by atoms with Gasteiger partial charge in [-0.05, 0) is 30.2 Å². The highest BCUT2D eigenvalue weighted by atomic mass is 32.2. The van der Waals surface area contributed by atoms with E-state index >= 15 is 0 Å². The summed E-state index contributed by atoms with van der Waals surface area (Å²) in [6, 6.07) is 13.3. The molecule has 30 heavy (non-hydrogen) atoms. The van der Waals surface area contributed by atoms with E-state index in [2.05, 4.69) is 22.3 Å². The van der Waals surface area contributed by atoms with Crippen LogP contribution in [0.3, 0.4) is 0 Å². The van der Waals surface area contributed by atoms with Crippen LogP contribution in [0, 0.1) is 5.82 Å². The molecule has 1 N–H and O–H groups in total. The number of sulfonamides is 1. The average molecular weight is 434 g/mol. The van der Waals surface area contributed by atoms with Crippen LogP contribution in [-0.2, 0) is 16.6 Å². The number of carbonyl (C=O) groups is 1. The van der Waals surface area contributed by atoms with Crippen LogP contribution < -0.4 is 5.32 Å². The molecule has 3 rings (SSSR count). The van der Waals surface area contributed by atoms with Crippen LogP contribution in [-0.4, -0.2) is 55.8 Å². The summed E-state index contributed by atoms with van der Waals surface area (Å²) in [6.45, 7) is 6.37. The second kappa shape index (κ2) is 9.68. The van der Waals surface area contributed by atoms with E-state index in [1.165, 1.54) is 15.9 Å². The van der Waals surface area contributed by atoms with E-state index in [-0.39, 0.29) is 16.5 Å². The van der Waals surface area contributed by atoms with Gasteiger partial charge < -0.3 is 5.32 Å². The van der Waals surface area contributed by atoms with E-state index < -0.39 is 21.7 Å². The van der Waals surface area contributed by atoms with Crippen LogP contribution in [0.25, 0.3) is 0 Å². The number of halogens is 1. The number of carbonyl (C=O) groups excluding carboxylic acids is 1. The molecule has 1 unspecified atom stereocenters. The van der Waals surface area contributed by atoms with Crippen LogP contribution in [0.4, 0.5) is 4.39 Å². The molecule has 2 aromatic rings. The van der Waals surface area contributed by atoms with Crippen molar-refractivity contribution in [2.24, 2.45) is 0 Å². The lowest BCUT2D eigenvalue weighted by molar-refractivity contribution is 0.0933. The van der Waals surface area contributed by atoms with Gasteiger partial charge >= 0.3 is 0 Å². The molecule has 0 radical (unpaired) electrons. The van der Waals surface area contributed by atoms with Crippen LogP contribution >= 0.6 is 0 Å². The van der Waals surface area contributed by atoms with Crippen LogP contribution in [0.15, 0.2) is 53.4 Å². The van der Waals surface area contributed by atoms with E-state index in [4.69, 9.17) is 0 Å². The Morgan fingerprint density at radius 2 is 1.87 bits per heavy atom. The number of benzene rings is 2. The lowest BCUT2D eigenvalue weighted by Gasteiger charge is -2.19. The molecule has 1 aliphatic heterocycles. The summed E-state index contributed by atoms with van der Waals surface area (Å²) in [5, 5.41) is 2.86. The molecule has 0 saturated carbocycles. The third kappa shape index (κ3) is 5.06. The molecule has 2 aromatic carbocycles. The second-order valence-electron chi connectivity index (χ2n) is 7.41. The fraction of sp³-hybridized carbons (Fsp3) is 0.409. The first-order valence-corrected chi connectivity index (χ1v) is 11.7. The highest BCUT2D eigenvalue weighted by Gasteiger charge is 2.27. The molecule has 1 atom stereocenters. The van der Waals surface area contributed by atoms with Gasteiger partial charge in [-0.3, -0.25) is 9.69 Å². The molecule has 1 fully saturated rings. The zero-order valence-electron chi connectivity index (χ0n) is 17.3. The minimum Gasteiger partial charge on any atom is -0.348 e. The van der Waals surface area contributed by atoms with E-state index in [0.29, 0.717) is 19.6 Å². The zero-order valence-corrected chi connectivity index (χ0v) is 18.2. The van der Waals surface area contributed by atoms with Crippen molar-refractivity contribution in [1.29, 1.82) is 0 Å². The molecule has 0 spiro atoms. The van der Waals surface area contributed by atoms with Crippen molar-refractivity contribution in [3.8, 4) is 0 Å². The first-order chi connectivity index (χ1) is 14.3. The van der Waals surface area contributed by atoms with Crippen LogP contribution in [0.5, 0.6) is 0 Å². The van der Waals surface area contributed by atoms with Gasteiger partial charge in [0.2, 0.25) is 10.0 Å². The Labute approximate surface area is 177 Å². The summed E-state index contributed by atoms with van der Waals surface area (Å²) in [5.41, 5.74) is 0.953. The second-order valence-corrected chi connectivity index (χ2v) is 9.35.